The molecule has 0 radical (unpaired) electrons. The minimum absolute atomic E-state index is 0. The number of H-pyrrole nitrogens is 1. The fourth-order valence-electron chi connectivity index (χ4n) is 3.12. The molecule has 0 bridgehead atoms. The molecule has 0 saturated heterocycles. The number of carboxylic acids is 4. The van der Waals surface area contributed by atoms with E-state index in [1.54, 1.807) is 0 Å². The molecule has 5 aromatic rings. The smallest absolute Gasteiger partial charge is 0.543 e. The first-order valence-corrected chi connectivity index (χ1v) is 10.8. The normalized spacial score (nSPS) is 8.55. The Morgan fingerprint density at radius 2 is 0.841 bits per heavy atom. The van der Waals surface area contributed by atoms with Crippen LogP contribution in [0.1, 0.15) is 42.0 Å². The first kappa shape index (κ1) is 45.7. The van der Waals surface area contributed by atoms with Gasteiger partial charge in [-0.25, -0.2) is 19.7 Å². The van der Waals surface area contributed by atoms with Gasteiger partial charge in [-0.2, -0.15) is 0 Å². The topological polar surface area (TPSA) is 355 Å². The molecular weight excluding hydrogens is 640 g/mol. The number of aromatic amines is 1. The van der Waals surface area contributed by atoms with Gasteiger partial charge < -0.3 is 62.2 Å². The molecule has 12 N–H and O–H groups in total. The van der Waals surface area contributed by atoms with Gasteiger partial charge in [0.15, 0.2) is 0 Å². The Morgan fingerprint density at radius 1 is 0.523 bits per heavy atom. The Kier molecular flexibility index (Phi) is 22.2. The number of hydrogen-bond donors (Lipinski definition) is 1. The van der Waals surface area contributed by atoms with Crippen LogP contribution in [0.25, 0.3) is 21.8 Å². The Labute approximate surface area is 260 Å². The molecule has 44 heavy (non-hydrogen) atoms. The van der Waals surface area contributed by atoms with Crippen LogP contribution in [0.2, 0.25) is 0 Å². The Balaban J connectivity index is -0.000000257. The second kappa shape index (κ2) is 21.4. The Morgan fingerprint density at radius 3 is 1.18 bits per heavy atom. The molecule has 2 aromatic carbocycles. The van der Waals surface area contributed by atoms with Crippen LogP contribution >= 0.6 is 0 Å². The molecule has 0 saturated carbocycles. The summed E-state index contributed by atoms with van der Waals surface area (Å²) in [6, 6.07) is 26.1. The van der Waals surface area contributed by atoms with Crippen LogP contribution in [-0.2, 0) is 19.5 Å². The van der Waals surface area contributed by atoms with Crippen LogP contribution in [0.15, 0.2) is 91.0 Å². The van der Waals surface area contributed by atoms with Crippen LogP contribution in [0, 0.1) is 0 Å². The van der Waals surface area contributed by atoms with Gasteiger partial charge >= 0.3 is 25.4 Å². The van der Waals surface area contributed by atoms with Crippen LogP contribution < -0.4 is 20.3 Å². The van der Waals surface area contributed by atoms with Crippen molar-refractivity contribution in [1.82, 2.24) is 9.97 Å². The summed E-state index contributed by atoms with van der Waals surface area (Å²) in [4.78, 5) is 50.9. The number of hydrogen-bond acceptors (Lipinski definition) is 9. The van der Waals surface area contributed by atoms with E-state index >= 15 is 0 Å². The average molecular weight is 667 g/mol. The zero-order chi connectivity index (χ0) is 27.7. The Hall–Kier alpha value is -5.29. The van der Waals surface area contributed by atoms with Crippen molar-refractivity contribution in [3.05, 3.63) is 114 Å². The number of nitrogens with one attached hydrogen (secondary N) is 1. The number of aromatic carboxylic acids is 4. The summed E-state index contributed by atoms with van der Waals surface area (Å²) < 4.78 is 0. The number of para-hydroxylation sites is 2. The van der Waals surface area contributed by atoms with Crippen molar-refractivity contribution in [3.8, 4) is 0 Å². The summed E-state index contributed by atoms with van der Waals surface area (Å²) >= 11 is 0. The van der Waals surface area contributed by atoms with Crippen molar-refractivity contribution in [2.45, 2.75) is 0 Å². The van der Waals surface area contributed by atoms with Crippen LogP contribution in [0.3, 0.4) is 0 Å². The molecule has 0 atom stereocenters. The van der Waals surface area contributed by atoms with E-state index in [-0.39, 0.29) is 58.2 Å². The summed E-state index contributed by atoms with van der Waals surface area (Å²) in [5.41, 5.74) is 0.845. The van der Waals surface area contributed by atoms with Gasteiger partial charge in [0.25, 0.3) is 0 Å². The summed E-state index contributed by atoms with van der Waals surface area (Å²) in [6.07, 6.45) is 0. The van der Waals surface area contributed by atoms with Crippen molar-refractivity contribution in [2.75, 3.05) is 0 Å². The van der Waals surface area contributed by atoms with E-state index in [4.69, 9.17) is 5.11 Å². The first-order valence-electron chi connectivity index (χ1n) is 10.8. The third kappa shape index (κ3) is 12.7. The second-order valence-electron chi connectivity index (χ2n) is 7.43. The summed E-state index contributed by atoms with van der Waals surface area (Å²) in [5, 5.41) is 41.5. The SMILES string of the molecule is O.O.O.O.O.O=C([O-])c1cccc(C(=O)O)n1.O=C([O-])c1cccc(C(=O)[O-])n1.[Zn+2].c1ccc2[nH+]c3ccccc3cc2c1. The molecular formula is C27H27N3O13Zn. The van der Waals surface area contributed by atoms with E-state index in [0.29, 0.717) is 0 Å². The number of carboxylic acid groups (broad SMARTS) is 4. The number of fused-ring (bicyclic) bond motifs is 2. The minimum atomic E-state index is -1.52. The number of aromatic nitrogens is 3. The van der Waals surface area contributed by atoms with E-state index in [9.17, 15) is 34.5 Å². The third-order valence-corrected chi connectivity index (χ3v) is 4.85. The van der Waals surface area contributed by atoms with Crippen molar-refractivity contribution < 1.29 is 91.4 Å². The summed E-state index contributed by atoms with van der Waals surface area (Å²) in [7, 11) is 0. The van der Waals surface area contributed by atoms with E-state index in [1.165, 1.54) is 46.1 Å². The van der Waals surface area contributed by atoms with E-state index < -0.39 is 35.3 Å². The molecule has 0 aliphatic carbocycles. The van der Waals surface area contributed by atoms with Crippen molar-refractivity contribution in [1.29, 1.82) is 0 Å². The number of pyridine rings is 3. The van der Waals surface area contributed by atoms with Gasteiger partial charge in [-0.1, -0.05) is 36.4 Å². The quantitative estimate of drug-likeness (QED) is 0.142. The van der Waals surface area contributed by atoms with Gasteiger partial charge in [0.2, 0.25) is 11.0 Å². The second-order valence-corrected chi connectivity index (χ2v) is 7.43. The summed E-state index contributed by atoms with van der Waals surface area (Å²) in [5.74, 6) is -5.78. The zero-order valence-corrected chi connectivity index (χ0v) is 25.5. The van der Waals surface area contributed by atoms with Gasteiger partial charge in [0.1, 0.15) is 5.69 Å². The number of carbonyl (C=O) groups is 4. The zero-order valence-electron chi connectivity index (χ0n) is 22.6. The van der Waals surface area contributed by atoms with Crippen LogP contribution in [0.4, 0.5) is 0 Å². The van der Waals surface area contributed by atoms with E-state index in [1.807, 2.05) is 12.1 Å². The standard InChI is InChI=1S/C13H9N.2C7H5NO4.5H2O.Zn/c1-3-7-12-10(5-1)9-11-6-2-4-8-13(11)14-12;2*9-6(10)4-2-1-3-5(8-4)7(11)12;;;;;;/h1-9H;2*1-3H,(H,9,10)(H,11,12);5*1H2;/q;;;;;;;;+2/p-2. The molecule has 0 unspecified atom stereocenters. The maximum Gasteiger partial charge on any atom is 2.00 e. The average Bonchev–Trinajstić information content (AvgIpc) is 2.92. The predicted molar refractivity (Wildman–Crippen MR) is 145 cm³/mol. The largest absolute Gasteiger partial charge is 2.00 e. The first-order chi connectivity index (χ1) is 18.2. The van der Waals surface area contributed by atoms with E-state index in [0.717, 1.165) is 12.1 Å². The fraction of sp³-hybridized carbons (Fsp3) is 0. The van der Waals surface area contributed by atoms with Gasteiger partial charge in [-0.05, 0) is 42.5 Å². The number of carbonyl (C=O) groups excluding carboxylic acids is 3. The Bertz CT molecular complexity index is 1440. The van der Waals surface area contributed by atoms with E-state index in [2.05, 4.69) is 57.4 Å². The molecule has 0 spiro atoms. The van der Waals surface area contributed by atoms with Gasteiger partial charge in [0.05, 0.1) is 35.0 Å². The maximum absolute atomic E-state index is 10.3. The van der Waals surface area contributed by atoms with Crippen LogP contribution in [-0.4, -0.2) is 66.3 Å². The summed E-state index contributed by atoms with van der Waals surface area (Å²) in [6.45, 7) is 0. The molecule has 0 fully saturated rings. The van der Waals surface area contributed by atoms with Crippen molar-refractivity contribution in [2.24, 2.45) is 0 Å². The molecule has 0 aliphatic heterocycles. The van der Waals surface area contributed by atoms with Crippen molar-refractivity contribution in [3.63, 3.8) is 0 Å². The molecule has 17 heteroatoms. The van der Waals surface area contributed by atoms with Crippen molar-refractivity contribution >= 4 is 45.7 Å². The van der Waals surface area contributed by atoms with Crippen LogP contribution in [0.5, 0.6) is 0 Å². The number of benzene rings is 2. The fourth-order valence-corrected chi connectivity index (χ4v) is 3.12. The maximum atomic E-state index is 10.3. The molecule has 16 nitrogen and oxygen atoms in total. The minimum Gasteiger partial charge on any atom is -0.543 e. The third-order valence-electron chi connectivity index (χ3n) is 4.85. The predicted octanol–water partition coefficient (Wildman–Crippen LogP) is -4.37. The molecule has 3 heterocycles. The number of rotatable bonds is 4. The molecule has 3 aromatic heterocycles. The monoisotopic (exact) mass is 665 g/mol. The molecule has 5 rings (SSSR count). The van der Waals surface area contributed by atoms with Gasteiger partial charge in [-0.3, -0.25) is 0 Å². The van der Waals surface area contributed by atoms with Gasteiger partial charge in [-0.15, -0.1) is 0 Å². The molecule has 230 valence electrons. The molecule has 0 amide bonds. The molecule has 0 aliphatic rings. The van der Waals surface area contributed by atoms with Gasteiger partial charge in [0, 0.05) is 22.9 Å². The number of nitrogens with zero attached hydrogens (tertiary/aromatic N) is 2.